The number of fused-ring (bicyclic) bond motifs is 2. The smallest absolute Gasteiger partial charge is 0.336 e. The molecular formula is C43H45N13O17S2. The molecule has 0 bridgehead atoms. The molecule has 75 heavy (non-hydrogen) atoms. The molecule has 0 aliphatic carbocycles. The van der Waals surface area contributed by atoms with Crippen molar-refractivity contribution in [1.82, 2.24) is 53.2 Å². The molecule has 0 unspecified atom stereocenters. The van der Waals surface area contributed by atoms with Gasteiger partial charge in [0.05, 0.1) is 23.8 Å². The highest BCUT2D eigenvalue weighted by Crippen LogP contribution is 2.34. The first-order chi connectivity index (χ1) is 35.5. The number of rotatable bonds is 21. The molecule has 8 rings (SSSR count). The molecule has 0 saturated carbocycles. The minimum Gasteiger partial charge on any atom is -0.478 e. The number of nitrogen functional groups attached to an aromatic ring is 2. The molecule has 1 amide bonds. The van der Waals surface area contributed by atoms with Gasteiger partial charge in [0, 0.05) is 54.5 Å². The highest BCUT2D eigenvalue weighted by Gasteiger charge is 2.46. The van der Waals surface area contributed by atoms with Crippen LogP contribution in [-0.4, -0.2) is 166 Å². The SMILES string of the molecule is Nc1ncnc2c1ncn2[C@@H]1O[C@H](CNS(=O)(=O)/C=C/CCC(=O)c2cc(-c3nc(N)c4ncn([C@@H]5O[C@H](CNS(=O)(=O)NC(=O)CCC(=O)c6ccccc6C(=O)O)[C@@H](O)[C@H]5O)c4n3)ccc2C(=O)O)[C@@H](O)[C@H]1O. The van der Waals surface area contributed by atoms with Crippen LogP contribution in [0.25, 0.3) is 33.7 Å². The minimum atomic E-state index is -4.64. The zero-order chi connectivity index (χ0) is 54.1. The van der Waals surface area contributed by atoms with Crippen LogP contribution in [0.1, 0.15) is 79.6 Å². The number of aliphatic hydroxyl groups excluding tert-OH is 4. The molecule has 0 radical (unpaired) electrons. The molecule has 8 atom stereocenters. The fourth-order valence-electron chi connectivity index (χ4n) is 8.16. The van der Waals surface area contributed by atoms with Gasteiger partial charge in [-0.1, -0.05) is 30.3 Å². The Morgan fingerprint density at radius 2 is 1.23 bits per heavy atom. The van der Waals surface area contributed by atoms with E-state index in [1.807, 2.05) is 4.72 Å². The summed E-state index contributed by atoms with van der Waals surface area (Å²) in [6.07, 6.45) is -8.89. The van der Waals surface area contributed by atoms with Gasteiger partial charge in [0.2, 0.25) is 15.9 Å². The number of aromatic nitrogens is 8. The fraction of sp³-hybridized carbons (Fsp3) is 0.326. The van der Waals surface area contributed by atoms with E-state index in [2.05, 4.69) is 34.6 Å². The lowest BCUT2D eigenvalue weighted by molar-refractivity contribution is -0.119. The number of nitrogens with zero attached hydrogens (tertiary/aromatic N) is 8. The Kier molecular flexibility index (Phi) is 15.4. The summed E-state index contributed by atoms with van der Waals surface area (Å²) in [5.74, 6) is -5.72. The number of aliphatic hydroxyl groups is 4. The van der Waals surface area contributed by atoms with Crippen LogP contribution in [0.15, 0.2) is 72.9 Å². The number of carboxylic acid groups (broad SMARTS) is 2. The monoisotopic (exact) mass is 1080 g/mol. The van der Waals surface area contributed by atoms with Gasteiger partial charge >= 0.3 is 22.1 Å². The molecule has 396 valence electrons. The van der Waals surface area contributed by atoms with E-state index in [4.69, 9.17) is 20.9 Å². The molecule has 2 aromatic carbocycles. The number of aromatic carboxylic acids is 2. The number of ether oxygens (including phenoxy) is 2. The summed E-state index contributed by atoms with van der Waals surface area (Å²) in [6, 6.07) is 8.87. The van der Waals surface area contributed by atoms with Crippen LogP contribution < -0.4 is 25.6 Å². The lowest BCUT2D eigenvalue weighted by atomic mass is 9.97. The number of carbonyl (C=O) groups is 5. The normalized spacial score (nSPS) is 22.0. The third kappa shape index (κ3) is 11.5. The van der Waals surface area contributed by atoms with E-state index >= 15 is 0 Å². The maximum atomic E-state index is 13.5. The van der Waals surface area contributed by atoms with Crippen molar-refractivity contribution in [1.29, 1.82) is 0 Å². The first kappa shape index (κ1) is 53.5. The molecule has 6 heterocycles. The molecule has 2 fully saturated rings. The summed E-state index contributed by atoms with van der Waals surface area (Å²) in [4.78, 5) is 87.2. The summed E-state index contributed by atoms with van der Waals surface area (Å²) in [7, 11) is -8.85. The molecule has 2 saturated heterocycles. The van der Waals surface area contributed by atoms with Gasteiger partial charge in [-0.05, 0) is 24.6 Å². The van der Waals surface area contributed by atoms with Crippen LogP contribution in [-0.2, 0) is 34.5 Å². The first-order valence-electron chi connectivity index (χ1n) is 22.2. The topological polar surface area (TPSA) is 469 Å². The Morgan fingerprint density at radius 3 is 1.87 bits per heavy atom. The standard InChI is InChI=1S/C43H45N13O17S2/c44-35-29-38(47-16-46-35)55(17-48-29)40-33(62)31(60)26(72-40)14-50-74(68,69)12-4-3-7-24(57)23-13-19(8-9-22(23)43(66)67)37-52-36(45)30-39(53-37)56(18-49-30)41-34(63)32(61)27(73-41)15-51-75(70,71)54-28(59)11-10-25(58)20-5-1-2-6-21(20)42(64)65/h1-2,4-6,8-9,12-13,16-18,26-27,31-34,40-41,50-51,60-63H,3,7,10-11,14-15H2,(H,54,59)(H,64,65)(H,66,67)(H2,44,46,47)(H2,45,52,53)/b12-4+/t26-,27-,31-,32-,33-,34-,40-,41-/m1/s1. The van der Waals surface area contributed by atoms with Crippen LogP contribution in [0.5, 0.6) is 0 Å². The van der Waals surface area contributed by atoms with Gasteiger partial charge in [0.25, 0.3) is 0 Å². The van der Waals surface area contributed by atoms with Gasteiger partial charge in [-0.15, -0.1) is 0 Å². The van der Waals surface area contributed by atoms with Gasteiger partial charge < -0.3 is 51.6 Å². The second kappa shape index (κ2) is 21.6. The molecule has 32 heteroatoms. The Balaban J connectivity index is 0.883. The first-order valence-corrected chi connectivity index (χ1v) is 25.3. The van der Waals surface area contributed by atoms with Crippen molar-refractivity contribution in [2.45, 2.75) is 74.8 Å². The molecule has 13 N–H and O–H groups in total. The fourth-order valence-corrected chi connectivity index (χ4v) is 9.90. The number of carbonyl (C=O) groups excluding carboxylic acids is 3. The maximum Gasteiger partial charge on any atom is 0.336 e. The molecule has 0 spiro atoms. The van der Waals surface area contributed by atoms with Crippen molar-refractivity contribution in [3.05, 3.63) is 95.2 Å². The number of hydrogen-bond acceptors (Lipinski definition) is 23. The Morgan fingerprint density at radius 1 is 0.653 bits per heavy atom. The Hall–Kier alpha value is -7.79. The second-order valence-electron chi connectivity index (χ2n) is 16.9. The molecule has 30 nitrogen and oxygen atoms in total. The van der Waals surface area contributed by atoms with Gasteiger partial charge in [0.1, 0.15) is 54.0 Å². The van der Waals surface area contributed by atoms with Crippen molar-refractivity contribution < 1.29 is 80.9 Å². The third-order valence-electron chi connectivity index (χ3n) is 11.9. The van der Waals surface area contributed by atoms with E-state index < -0.39 is 130 Å². The average Bonchev–Trinajstić information content (AvgIpc) is 4.14. The van der Waals surface area contributed by atoms with E-state index in [9.17, 15) is 71.4 Å². The van der Waals surface area contributed by atoms with Crippen LogP contribution in [0.2, 0.25) is 0 Å². The zero-order valence-electron chi connectivity index (χ0n) is 38.5. The van der Waals surface area contributed by atoms with E-state index in [0.29, 0.717) is 0 Å². The number of benzene rings is 2. The van der Waals surface area contributed by atoms with Crippen molar-refractivity contribution >= 4 is 83.6 Å². The van der Waals surface area contributed by atoms with Gasteiger partial charge in [-0.25, -0.2) is 57.4 Å². The van der Waals surface area contributed by atoms with Gasteiger partial charge in [0.15, 0.2) is 52.8 Å². The number of allylic oxidation sites excluding steroid dienone is 1. The van der Waals surface area contributed by atoms with E-state index in [1.165, 1.54) is 53.6 Å². The predicted octanol–water partition coefficient (Wildman–Crippen LogP) is -1.86. The average molecular weight is 1080 g/mol. The number of carboxylic acids is 2. The second-order valence-corrected chi connectivity index (χ2v) is 20.0. The number of nitrogens with two attached hydrogens (primary N) is 2. The molecule has 6 aromatic rings. The summed E-state index contributed by atoms with van der Waals surface area (Å²) in [6.45, 7) is -1.17. The molecule has 4 aromatic heterocycles. The van der Waals surface area contributed by atoms with E-state index in [0.717, 1.165) is 28.4 Å². The number of sulfonamides is 1. The zero-order valence-corrected chi connectivity index (χ0v) is 40.1. The van der Waals surface area contributed by atoms with E-state index in [1.54, 1.807) is 4.72 Å². The third-order valence-corrected chi connectivity index (χ3v) is 14.1. The molecule has 2 aliphatic heterocycles. The van der Waals surface area contributed by atoms with Crippen molar-refractivity contribution in [3.63, 3.8) is 0 Å². The summed E-state index contributed by atoms with van der Waals surface area (Å²) >= 11 is 0. The van der Waals surface area contributed by atoms with Crippen LogP contribution in [0.3, 0.4) is 0 Å². The number of Topliss-reactive ketones (excluding diaryl/α,β-unsaturated/α-hetero) is 2. The van der Waals surface area contributed by atoms with Crippen molar-refractivity contribution in [3.8, 4) is 11.4 Å². The quantitative estimate of drug-likeness (QED) is 0.0352. The highest BCUT2D eigenvalue weighted by molar-refractivity contribution is 7.92. The Labute approximate surface area is 422 Å². The highest BCUT2D eigenvalue weighted by atomic mass is 32.2. The number of nitrogens with one attached hydrogen (secondary N) is 3. The van der Waals surface area contributed by atoms with Crippen molar-refractivity contribution in [2.24, 2.45) is 0 Å². The molecular weight excluding hydrogens is 1030 g/mol. The summed E-state index contributed by atoms with van der Waals surface area (Å²) in [5, 5.41) is 63.3. The van der Waals surface area contributed by atoms with E-state index in [-0.39, 0.29) is 74.9 Å². The number of imidazole rings is 2. The lowest BCUT2D eigenvalue weighted by Gasteiger charge is -2.17. The number of amides is 1. The molecule has 2 aliphatic rings. The number of anilines is 2. The van der Waals surface area contributed by atoms with Crippen LogP contribution in [0, 0.1) is 0 Å². The van der Waals surface area contributed by atoms with Gasteiger partial charge in [-0.3, -0.25) is 23.5 Å². The maximum absolute atomic E-state index is 13.5. The van der Waals surface area contributed by atoms with Crippen molar-refractivity contribution in [2.75, 3.05) is 24.6 Å². The lowest BCUT2D eigenvalue weighted by Crippen LogP contribution is -2.45. The van der Waals surface area contributed by atoms with Gasteiger partial charge in [-0.2, -0.15) is 13.1 Å². The van der Waals surface area contributed by atoms with Crippen LogP contribution >= 0.6 is 0 Å². The number of hydrogen-bond donors (Lipinski definition) is 11. The summed E-state index contributed by atoms with van der Waals surface area (Å²) in [5.41, 5.74) is 11.3. The number of ketones is 2. The minimum absolute atomic E-state index is 0.0195. The van der Waals surface area contributed by atoms with Crippen LogP contribution in [0.4, 0.5) is 11.6 Å². The largest absolute Gasteiger partial charge is 0.478 e. The predicted molar refractivity (Wildman–Crippen MR) is 255 cm³/mol. The summed E-state index contributed by atoms with van der Waals surface area (Å²) < 4.78 is 71.3. The Bertz CT molecular complexity index is 3500.